The van der Waals surface area contributed by atoms with Crippen LogP contribution in [-0.2, 0) is 0 Å². The van der Waals surface area contributed by atoms with Gasteiger partial charge in [-0.15, -0.1) is 0 Å². The fourth-order valence-corrected chi connectivity index (χ4v) is 12.3. The van der Waals surface area contributed by atoms with Gasteiger partial charge in [0.2, 0.25) is 0 Å². The van der Waals surface area contributed by atoms with Crippen LogP contribution in [0.5, 0.6) is 0 Å². The second kappa shape index (κ2) is 5.36. The first-order chi connectivity index (χ1) is 6.96. The lowest BCUT2D eigenvalue weighted by Crippen LogP contribution is -2.63. The van der Waals surface area contributed by atoms with Gasteiger partial charge in [0.05, 0.1) is 0 Å². The number of rotatable bonds is 5. The summed E-state index contributed by atoms with van der Waals surface area (Å²) >= 11 is 0. The van der Waals surface area contributed by atoms with E-state index in [4.69, 9.17) is 0 Å². The quantitative estimate of drug-likeness (QED) is 0.672. The third-order valence-electron chi connectivity index (χ3n) is 4.78. The topological polar surface area (TPSA) is 3.24 Å². The van der Waals surface area contributed by atoms with Crippen LogP contribution in [-0.4, -0.2) is 33.7 Å². The van der Waals surface area contributed by atoms with Crippen molar-refractivity contribution in [2.75, 3.05) is 0 Å². The Balaban J connectivity index is 5.29. The molecule has 0 radical (unpaired) electrons. The molecule has 0 rings (SSSR count). The Bertz CT molecular complexity index is 212. The first-order valence-corrected chi connectivity index (χ1v) is 12.6. The molecule has 0 aliphatic rings. The van der Waals surface area contributed by atoms with Crippen molar-refractivity contribution in [1.82, 2.24) is 4.57 Å². The van der Waals surface area contributed by atoms with E-state index in [1.54, 1.807) is 0 Å². The van der Waals surface area contributed by atoms with E-state index in [0.717, 1.165) is 0 Å². The van der Waals surface area contributed by atoms with E-state index in [2.05, 4.69) is 72.3 Å². The van der Waals surface area contributed by atoms with Crippen LogP contribution in [0, 0.1) is 0 Å². The zero-order valence-electron chi connectivity index (χ0n) is 13.2. The monoisotopic (exact) mass is 259 g/mol. The van der Waals surface area contributed by atoms with E-state index in [9.17, 15) is 0 Å². The van der Waals surface area contributed by atoms with Crippen LogP contribution in [0.2, 0.25) is 30.8 Å². The molecule has 0 aromatic rings. The van der Waals surface area contributed by atoms with Gasteiger partial charge >= 0.3 is 0 Å². The average molecular weight is 260 g/mol. The molecule has 0 N–H and O–H groups in total. The van der Waals surface area contributed by atoms with Gasteiger partial charge in [-0.1, -0.05) is 67.7 Å². The molecule has 0 heterocycles. The summed E-state index contributed by atoms with van der Waals surface area (Å²) in [6.45, 7) is 24.6. The van der Waals surface area contributed by atoms with Gasteiger partial charge in [0.15, 0.2) is 0 Å². The number of hydrogen-bond acceptors (Lipinski definition) is 1. The van der Waals surface area contributed by atoms with Crippen LogP contribution in [0.15, 0.2) is 0 Å². The van der Waals surface area contributed by atoms with Crippen LogP contribution < -0.4 is 0 Å². The molecule has 0 unspecified atom stereocenters. The molecule has 98 valence electrons. The van der Waals surface area contributed by atoms with E-state index in [-0.39, 0.29) is 0 Å². The maximum Gasteiger partial charge on any atom is 0.125 e. The Labute approximate surface area is 106 Å². The highest BCUT2D eigenvalue weighted by atomic mass is 28.4. The third kappa shape index (κ3) is 2.99. The van der Waals surface area contributed by atoms with Crippen LogP contribution in [0.3, 0.4) is 0 Å². The minimum Gasteiger partial charge on any atom is -0.319 e. The van der Waals surface area contributed by atoms with Crippen molar-refractivity contribution in [3.8, 4) is 0 Å². The van der Waals surface area contributed by atoms with Crippen molar-refractivity contribution in [1.29, 1.82) is 0 Å². The summed E-state index contributed by atoms with van der Waals surface area (Å²) in [5.41, 5.74) is 0. The molecule has 0 bridgehead atoms. The molecule has 0 atom stereocenters. The highest BCUT2D eigenvalue weighted by molar-refractivity contribution is 6.90. The Morgan fingerprint density at radius 1 is 0.938 bits per heavy atom. The average Bonchev–Trinajstić information content (AvgIpc) is 2.00. The van der Waals surface area contributed by atoms with Gasteiger partial charge in [0, 0.05) is 8.80 Å². The molecular weight excluding hydrogens is 226 g/mol. The number of nitrogens with zero attached hydrogens (tertiary/aromatic N) is 1. The van der Waals surface area contributed by atoms with Gasteiger partial charge in [0.1, 0.15) is 8.24 Å². The number of hydrogen-bond donors (Lipinski definition) is 0. The van der Waals surface area contributed by atoms with Crippen LogP contribution in [0.25, 0.3) is 0 Å². The molecule has 0 fully saturated rings. The molecule has 1 nitrogen and oxygen atoms in total. The first-order valence-electron chi connectivity index (χ1n) is 6.74. The lowest BCUT2D eigenvalue weighted by atomic mass is 10.3. The molecule has 0 spiro atoms. The molecule has 0 amide bonds. The molecular formula is C13H33NSi2. The molecule has 0 saturated carbocycles. The lowest BCUT2D eigenvalue weighted by molar-refractivity contribution is 0.286. The Kier molecular flexibility index (Phi) is 5.49. The van der Waals surface area contributed by atoms with E-state index in [0.29, 0.717) is 16.7 Å². The normalized spacial score (nSPS) is 14.6. The zero-order chi connectivity index (χ0) is 13.3. The van der Waals surface area contributed by atoms with Gasteiger partial charge in [-0.2, -0.15) is 0 Å². The van der Waals surface area contributed by atoms with Crippen LogP contribution in [0.4, 0.5) is 0 Å². The van der Waals surface area contributed by atoms with Crippen LogP contribution in [0.1, 0.15) is 41.5 Å². The fraction of sp³-hybridized carbons (Fsp3) is 1.00. The summed E-state index contributed by atoms with van der Waals surface area (Å²) in [4.78, 5) is 0. The highest BCUT2D eigenvalue weighted by Gasteiger charge is 2.47. The van der Waals surface area contributed by atoms with Gasteiger partial charge in [-0.05, 0) is 16.7 Å². The van der Waals surface area contributed by atoms with Crippen molar-refractivity contribution in [3.05, 3.63) is 0 Å². The minimum atomic E-state index is -1.35. The molecule has 16 heavy (non-hydrogen) atoms. The van der Waals surface area contributed by atoms with E-state index in [1.165, 1.54) is 0 Å². The summed E-state index contributed by atoms with van der Waals surface area (Å²) in [7, 11) is -1.98. The largest absolute Gasteiger partial charge is 0.319 e. The maximum absolute atomic E-state index is 2.82. The Morgan fingerprint density at radius 3 is 1.44 bits per heavy atom. The minimum absolute atomic E-state index is 0.585. The third-order valence-corrected chi connectivity index (χ3v) is 17.0. The fourth-order valence-electron chi connectivity index (χ4n) is 2.93. The predicted molar refractivity (Wildman–Crippen MR) is 82.5 cm³/mol. The molecule has 0 aromatic carbocycles. The van der Waals surface area contributed by atoms with Crippen LogP contribution >= 0.6 is 0 Å². The molecule has 0 aliphatic heterocycles. The first kappa shape index (κ1) is 16.4. The van der Waals surface area contributed by atoms with Crippen molar-refractivity contribution in [3.63, 3.8) is 0 Å². The summed E-state index contributed by atoms with van der Waals surface area (Å²) in [5, 5.41) is 0. The summed E-state index contributed by atoms with van der Waals surface area (Å²) in [6.07, 6.45) is 0. The van der Waals surface area contributed by atoms with Crippen molar-refractivity contribution >= 4 is 17.0 Å². The van der Waals surface area contributed by atoms with Gasteiger partial charge in [0.25, 0.3) is 0 Å². The van der Waals surface area contributed by atoms with Gasteiger partial charge in [-0.25, -0.2) is 0 Å². The molecule has 3 heteroatoms. The Morgan fingerprint density at radius 2 is 1.25 bits per heavy atom. The SMILES string of the molecule is CC(C)N(C(C)C)[Si](C)(C)C(C)(C)[SiH](C)C. The highest BCUT2D eigenvalue weighted by Crippen LogP contribution is 2.43. The Hall–Kier alpha value is 0.394. The van der Waals surface area contributed by atoms with Crippen molar-refractivity contribution in [2.45, 2.75) is 84.5 Å². The second-order valence-electron chi connectivity index (χ2n) is 7.03. The van der Waals surface area contributed by atoms with E-state index >= 15 is 0 Å². The predicted octanol–water partition coefficient (Wildman–Crippen LogP) is 4.12. The summed E-state index contributed by atoms with van der Waals surface area (Å²) < 4.78 is 3.40. The summed E-state index contributed by atoms with van der Waals surface area (Å²) in [5.74, 6) is 0. The molecule has 0 aliphatic carbocycles. The van der Waals surface area contributed by atoms with E-state index < -0.39 is 17.0 Å². The van der Waals surface area contributed by atoms with Gasteiger partial charge < -0.3 is 4.57 Å². The van der Waals surface area contributed by atoms with Crippen molar-refractivity contribution in [2.24, 2.45) is 0 Å². The zero-order valence-corrected chi connectivity index (χ0v) is 15.3. The molecule has 0 aromatic heterocycles. The lowest BCUT2D eigenvalue weighted by Gasteiger charge is -2.53. The molecule has 0 saturated heterocycles. The second-order valence-corrected chi connectivity index (χ2v) is 16.3. The van der Waals surface area contributed by atoms with Crippen molar-refractivity contribution < 1.29 is 0 Å². The smallest absolute Gasteiger partial charge is 0.125 e. The summed E-state index contributed by atoms with van der Waals surface area (Å²) in [6, 6.07) is 1.35. The van der Waals surface area contributed by atoms with Gasteiger partial charge in [-0.3, -0.25) is 0 Å². The maximum atomic E-state index is 2.82. The standard InChI is InChI=1S/C13H33NSi2/c1-11(2)14(12(3)4)16(9,10)13(5,6)15(7)8/h11-12,15H,1-10H3. The van der Waals surface area contributed by atoms with E-state index in [1.807, 2.05) is 0 Å².